The average molecular weight is 677 g/mol. The van der Waals surface area contributed by atoms with E-state index in [-0.39, 0.29) is 50.4 Å². The van der Waals surface area contributed by atoms with E-state index in [0.29, 0.717) is 22.6 Å². The third-order valence-electron chi connectivity index (χ3n) is 10.1. The van der Waals surface area contributed by atoms with Crippen LogP contribution in [0.2, 0.25) is 0 Å². The summed E-state index contributed by atoms with van der Waals surface area (Å²) in [5.41, 5.74) is 2.72. The van der Waals surface area contributed by atoms with Gasteiger partial charge in [0.1, 0.15) is 11.2 Å². The predicted octanol–water partition coefficient (Wildman–Crippen LogP) is 11.6. The van der Waals surface area contributed by atoms with Crippen LogP contribution in [-0.2, 0) is 11.2 Å². The van der Waals surface area contributed by atoms with Crippen LogP contribution in [0.4, 0.5) is 0 Å². The summed E-state index contributed by atoms with van der Waals surface area (Å²) in [5.74, 6) is 0.927. The van der Waals surface area contributed by atoms with Gasteiger partial charge in [-0.15, -0.1) is 0 Å². The zero-order valence-electron chi connectivity index (χ0n) is 37.7. The molecule has 8 aromatic rings. The van der Waals surface area contributed by atoms with Crippen LogP contribution in [0.25, 0.3) is 55.8 Å². The fourth-order valence-corrected chi connectivity index (χ4v) is 7.72. The van der Waals surface area contributed by atoms with Crippen molar-refractivity contribution in [3.05, 3.63) is 149 Å². The number of aromatic nitrogens is 3. The molecule has 0 aliphatic carbocycles. The van der Waals surface area contributed by atoms with Crippen molar-refractivity contribution < 1.29 is 21.8 Å². The lowest BCUT2D eigenvalue weighted by atomic mass is 9.84. The van der Waals surface area contributed by atoms with Crippen molar-refractivity contribution in [3.8, 4) is 39.4 Å². The van der Waals surface area contributed by atoms with Gasteiger partial charge in [-0.3, -0.25) is 8.97 Å². The van der Waals surface area contributed by atoms with Crippen molar-refractivity contribution in [1.82, 2.24) is 14.0 Å². The molecule has 0 N–H and O–H groups in total. The highest BCUT2D eigenvalue weighted by atomic mass is 16.5. The monoisotopic (exact) mass is 676 g/mol. The molecule has 3 heterocycles. The zero-order valence-corrected chi connectivity index (χ0v) is 28.7. The number of hydrogen-bond acceptors (Lipinski definition) is 3. The Morgan fingerprint density at radius 2 is 1.22 bits per heavy atom. The third-order valence-corrected chi connectivity index (χ3v) is 10.1. The van der Waals surface area contributed by atoms with Gasteiger partial charge in [-0.1, -0.05) is 84.9 Å². The number of hydrogen-bond donors (Lipinski definition) is 0. The van der Waals surface area contributed by atoms with Gasteiger partial charge in [0.15, 0.2) is 11.5 Å². The van der Waals surface area contributed by atoms with Crippen molar-refractivity contribution in [1.29, 1.82) is 0 Å². The van der Waals surface area contributed by atoms with Crippen LogP contribution in [0.5, 0.6) is 11.5 Å². The number of para-hydroxylation sites is 5. The summed E-state index contributed by atoms with van der Waals surface area (Å²) in [4.78, 5) is 4.96. The van der Waals surface area contributed by atoms with Crippen molar-refractivity contribution in [3.63, 3.8) is 0 Å². The molecule has 6 aromatic carbocycles. The highest BCUT2D eigenvalue weighted by Gasteiger charge is 2.38. The molecule has 0 saturated heterocycles. The number of rotatable bonds is 3. The smallest absolute Gasteiger partial charge is 0.220 e. The quantitative estimate of drug-likeness (QED) is 0.187. The number of ether oxygens (including phenoxy) is 2. The van der Waals surface area contributed by atoms with Crippen LogP contribution in [0.3, 0.4) is 0 Å². The molecule has 0 unspecified atom stereocenters. The maximum atomic E-state index is 9.13. The predicted molar refractivity (Wildman–Crippen MR) is 208 cm³/mol. The van der Waals surface area contributed by atoms with Crippen molar-refractivity contribution in [2.24, 2.45) is 0 Å². The summed E-state index contributed by atoms with van der Waals surface area (Å²) >= 11 is 0. The maximum absolute atomic E-state index is 9.13. The van der Waals surface area contributed by atoms with Crippen LogP contribution in [0, 0.1) is 20.6 Å². The van der Waals surface area contributed by atoms with E-state index in [1.807, 2.05) is 105 Å². The molecular formula is C46H41N3O2. The maximum Gasteiger partial charge on any atom is 0.220 e. The Hall–Kier alpha value is -5.81. The highest BCUT2D eigenvalue weighted by molar-refractivity contribution is 5.93. The fourth-order valence-electron chi connectivity index (χ4n) is 7.72. The van der Waals surface area contributed by atoms with Crippen molar-refractivity contribution in [2.45, 2.75) is 59.5 Å². The first-order valence-corrected chi connectivity index (χ1v) is 17.0. The minimum atomic E-state index is -2.96. The van der Waals surface area contributed by atoms with E-state index in [4.69, 9.17) is 26.8 Å². The standard InChI is InChI=1S/C46H41N3O2/c1-28-26-27-32(30(3)42(28)33-17-15-25-41-43(33)51-46(6,7)35-19-9-8-18-34(35)45(4,5)50-41)31-16-14-24-37(29(31)2)48-39-22-12-13-23-40(39)49-38-21-11-10-20-36(38)47-44(48)49/h8-27H,1-7H3/i1D3,2D3,3D3. The molecule has 5 heteroatoms. The first-order chi connectivity index (χ1) is 28.2. The summed E-state index contributed by atoms with van der Waals surface area (Å²) in [6.07, 6.45) is 0. The van der Waals surface area contributed by atoms with Crippen LogP contribution in [0.15, 0.2) is 121 Å². The number of aryl methyl sites for hydroxylation is 1. The van der Waals surface area contributed by atoms with Crippen LogP contribution < -0.4 is 9.47 Å². The summed E-state index contributed by atoms with van der Waals surface area (Å²) in [5, 5.41) is 0. The van der Waals surface area contributed by atoms with Gasteiger partial charge in [0.05, 0.1) is 27.8 Å². The number of nitrogens with zero attached hydrogens (tertiary/aromatic N) is 3. The first kappa shape index (κ1) is 22.8. The summed E-state index contributed by atoms with van der Waals surface area (Å²) in [7, 11) is 0. The molecule has 5 nitrogen and oxygen atoms in total. The minimum Gasteiger partial charge on any atom is -0.479 e. The van der Waals surface area contributed by atoms with E-state index in [1.165, 1.54) is 12.1 Å². The second kappa shape index (κ2) is 11.1. The Balaban J connectivity index is 1.37. The molecule has 0 spiro atoms. The summed E-state index contributed by atoms with van der Waals surface area (Å²) in [6.45, 7) is -0.886. The molecule has 0 atom stereocenters. The van der Waals surface area contributed by atoms with E-state index in [9.17, 15) is 0 Å². The SMILES string of the molecule is [2H]C([2H])([2H])c1ccc(-c2cccc(-n3c4ccccc4n4c5ccccc5nc34)c2C([2H])([2H])[2H])c(C([2H])([2H])[2H])c1-c1cccc2c1OC(C)(C)c1ccccc1C(C)(C)O2. The van der Waals surface area contributed by atoms with Gasteiger partial charge in [0.25, 0.3) is 0 Å². The molecule has 1 aliphatic rings. The molecule has 0 saturated carbocycles. The van der Waals surface area contributed by atoms with Crippen molar-refractivity contribution >= 4 is 27.8 Å². The van der Waals surface area contributed by atoms with E-state index in [1.54, 1.807) is 41.0 Å². The fraction of sp³-hybridized carbons (Fsp3) is 0.196. The van der Waals surface area contributed by atoms with Gasteiger partial charge in [-0.25, -0.2) is 4.98 Å². The van der Waals surface area contributed by atoms with Gasteiger partial charge in [-0.05, 0) is 118 Å². The molecule has 0 fully saturated rings. The van der Waals surface area contributed by atoms with E-state index >= 15 is 0 Å². The van der Waals surface area contributed by atoms with E-state index in [0.717, 1.165) is 22.2 Å². The van der Waals surface area contributed by atoms with Gasteiger partial charge in [-0.2, -0.15) is 0 Å². The third kappa shape index (κ3) is 4.64. The van der Waals surface area contributed by atoms with Gasteiger partial charge >= 0.3 is 0 Å². The second-order valence-corrected chi connectivity index (χ2v) is 14.1. The van der Waals surface area contributed by atoms with Gasteiger partial charge in [0, 0.05) is 29.0 Å². The molecule has 9 rings (SSSR count). The normalized spacial score (nSPS) is 18.2. The highest BCUT2D eigenvalue weighted by Crippen LogP contribution is 2.50. The Labute approximate surface area is 311 Å². The Kier molecular flexibility index (Phi) is 4.96. The minimum absolute atomic E-state index is 0.0428. The molecule has 2 aromatic heterocycles. The largest absolute Gasteiger partial charge is 0.479 e. The molecule has 0 radical (unpaired) electrons. The van der Waals surface area contributed by atoms with Gasteiger partial charge < -0.3 is 9.47 Å². The summed E-state index contributed by atoms with van der Waals surface area (Å²) in [6, 6.07) is 35.8. The lowest BCUT2D eigenvalue weighted by Gasteiger charge is -2.39. The van der Waals surface area contributed by atoms with Crippen LogP contribution >= 0.6 is 0 Å². The molecule has 51 heavy (non-hydrogen) atoms. The van der Waals surface area contributed by atoms with Gasteiger partial charge in [0.2, 0.25) is 5.78 Å². The Morgan fingerprint density at radius 3 is 1.98 bits per heavy atom. The number of imidazole rings is 2. The van der Waals surface area contributed by atoms with E-state index in [2.05, 4.69) is 0 Å². The number of benzene rings is 6. The number of fused-ring (bicyclic) bond motifs is 7. The topological polar surface area (TPSA) is 40.7 Å². The average Bonchev–Trinajstić information content (AvgIpc) is 3.71. The molecule has 1 aliphatic heterocycles. The van der Waals surface area contributed by atoms with Crippen molar-refractivity contribution in [2.75, 3.05) is 0 Å². The zero-order chi connectivity index (χ0) is 42.7. The molecular weight excluding hydrogens is 627 g/mol. The first-order valence-electron chi connectivity index (χ1n) is 21.5. The molecule has 0 bridgehead atoms. The lowest BCUT2D eigenvalue weighted by Crippen LogP contribution is -2.36. The van der Waals surface area contributed by atoms with Crippen LogP contribution in [-0.4, -0.2) is 14.0 Å². The lowest BCUT2D eigenvalue weighted by molar-refractivity contribution is 0.0516. The Bertz CT molecular complexity index is 3020. The molecule has 0 amide bonds. The van der Waals surface area contributed by atoms with Crippen LogP contribution in [0.1, 0.15) is 67.8 Å². The second-order valence-electron chi connectivity index (χ2n) is 14.1. The Morgan fingerprint density at radius 1 is 0.569 bits per heavy atom. The molecule has 252 valence electrons. The summed E-state index contributed by atoms with van der Waals surface area (Å²) < 4.78 is 98.1. The van der Waals surface area contributed by atoms with E-state index < -0.39 is 31.8 Å².